The lowest BCUT2D eigenvalue weighted by Crippen LogP contribution is -2.29. The highest BCUT2D eigenvalue weighted by Crippen LogP contribution is 2.38. The highest BCUT2D eigenvalue weighted by Gasteiger charge is 2.26. The van der Waals surface area contributed by atoms with Gasteiger partial charge in [0.25, 0.3) is 6.47 Å². The van der Waals surface area contributed by atoms with Crippen LogP contribution in [0.4, 0.5) is 13.2 Å². The Labute approximate surface area is 260 Å². The summed E-state index contributed by atoms with van der Waals surface area (Å²) in [6.07, 6.45) is -1.74. The standard InChI is InChI=1S/C32H35ClF3NO4.CH2O2/c1-22-24(7-5-8-26(22)23-9-10-28-31(18-23)40-16-15-39-28)21-41-30-19-29(38-14-6-11-32(34,35)36)25(17-27(30)33)20-37-12-3-2-4-13-37;2-1-3/h5,7-10,17-19H,2-4,6,11-16,20-21H2,1H3;1H,(H,2,3). The maximum atomic E-state index is 12.7. The van der Waals surface area contributed by atoms with Gasteiger partial charge >= 0.3 is 6.18 Å². The van der Waals surface area contributed by atoms with Gasteiger partial charge in [0.2, 0.25) is 0 Å². The van der Waals surface area contributed by atoms with Crippen LogP contribution in [0.1, 0.15) is 48.8 Å². The molecule has 2 aliphatic heterocycles. The van der Waals surface area contributed by atoms with Crippen LogP contribution in [0, 0.1) is 6.92 Å². The van der Waals surface area contributed by atoms with E-state index >= 15 is 0 Å². The number of hydrogen-bond acceptors (Lipinski definition) is 6. The van der Waals surface area contributed by atoms with E-state index < -0.39 is 12.6 Å². The summed E-state index contributed by atoms with van der Waals surface area (Å²) in [6, 6.07) is 15.5. The molecule has 3 aromatic rings. The molecule has 1 saturated heterocycles. The van der Waals surface area contributed by atoms with Crippen molar-refractivity contribution in [2.75, 3.05) is 32.9 Å². The van der Waals surface area contributed by atoms with Gasteiger partial charge in [0.15, 0.2) is 11.5 Å². The van der Waals surface area contributed by atoms with Gasteiger partial charge in [0, 0.05) is 24.6 Å². The number of rotatable bonds is 10. The fourth-order valence-electron chi connectivity index (χ4n) is 5.28. The Morgan fingerprint density at radius 2 is 1.68 bits per heavy atom. The summed E-state index contributed by atoms with van der Waals surface area (Å²) >= 11 is 6.67. The maximum absolute atomic E-state index is 12.7. The number of ether oxygens (including phenoxy) is 4. The smallest absolute Gasteiger partial charge is 0.389 e. The van der Waals surface area contributed by atoms with Crippen LogP contribution >= 0.6 is 11.6 Å². The topological polar surface area (TPSA) is 77.5 Å². The van der Waals surface area contributed by atoms with Crippen LogP contribution in [-0.2, 0) is 17.9 Å². The molecule has 0 spiro atoms. The van der Waals surface area contributed by atoms with Gasteiger partial charge in [0.1, 0.15) is 31.3 Å². The molecule has 44 heavy (non-hydrogen) atoms. The molecule has 1 N–H and O–H groups in total. The Hall–Kier alpha value is -3.63. The lowest BCUT2D eigenvalue weighted by molar-refractivity contribution is -0.136. The average molecular weight is 636 g/mol. The van der Waals surface area contributed by atoms with Crippen molar-refractivity contribution in [2.45, 2.75) is 58.4 Å². The van der Waals surface area contributed by atoms with Crippen molar-refractivity contribution in [3.05, 3.63) is 70.2 Å². The number of piperidine rings is 1. The van der Waals surface area contributed by atoms with Gasteiger partial charge in [0.05, 0.1) is 11.6 Å². The number of halogens is 4. The Morgan fingerprint density at radius 3 is 2.41 bits per heavy atom. The average Bonchev–Trinajstić information content (AvgIpc) is 3.00. The number of hydrogen-bond donors (Lipinski definition) is 1. The number of benzene rings is 3. The molecule has 0 unspecified atom stereocenters. The van der Waals surface area contributed by atoms with Crippen molar-refractivity contribution in [1.82, 2.24) is 4.90 Å². The Morgan fingerprint density at radius 1 is 0.955 bits per heavy atom. The largest absolute Gasteiger partial charge is 0.493 e. The first-order chi connectivity index (χ1) is 21.2. The zero-order valence-corrected chi connectivity index (χ0v) is 25.4. The Balaban J connectivity index is 0.00000141. The van der Waals surface area contributed by atoms with Gasteiger partial charge in [-0.25, -0.2) is 0 Å². The second kappa shape index (κ2) is 15.9. The fourth-order valence-corrected chi connectivity index (χ4v) is 5.52. The van der Waals surface area contributed by atoms with Crippen molar-refractivity contribution in [1.29, 1.82) is 0 Å². The van der Waals surface area contributed by atoms with E-state index in [9.17, 15) is 13.2 Å². The van der Waals surface area contributed by atoms with Crippen LogP contribution in [0.5, 0.6) is 23.0 Å². The molecule has 0 amide bonds. The molecule has 0 saturated carbocycles. The van der Waals surface area contributed by atoms with Gasteiger partial charge in [-0.3, -0.25) is 9.69 Å². The molecule has 0 bridgehead atoms. The molecule has 7 nitrogen and oxygen atoms in total. The first-order valence-corrected chi connectivity index (χ1v) is 15.0. The third-order valence-electron chi connectivity index (χ3n) is 7.50. The van der Waals surface area contributed by atoms with Crippen LogP contribution < -0.4 is 18.9 Å². The van der Waals surface area contributed by atoms with Crippen molar-refractivity contribution < 1.29 is 42.0 Å². The molecule has 11 heteroatoms. The van der Waals surface area contributed by atoms with Crippen LogP contribution in [0.15, 0.2) is 48.5 Å². The van der Waals surface area contributed by atoms with Crippen LogP contribution in [0.2, 0.25) is 5.02 Å². The number of fused-ring (bicyclic) bond motifs is 1. The van der Waals surface area contributed by atoms with Crippen LogP contribution in [0.3, 0.4) is 0 Å². The maximum Gasteiger partial charge on any atom is 0.389 e. The first-order valence-electron chi connectivity index (χ1n) is 14.6. The molecule has 5 rings (SSSR count). The van der Waals surface area contributed by atoms with E-state index in [0.29, 0.717) is 36.3 Å². The highest BCUT2D eigenvalue weighted by atomic mass is 35.5. The number of nitrogens with zero attached hydrogens (tertiary/aromatic N) is 1. The summed E-state index contributed by atoms with van der Waals surface area (Å²) in [5.74, 6) is 2.42. The lowest BCUT2D eigenvalue weighted by Gasteiger charge is -2.27. The number of likely N-dealkylation sites (tertiary alicyclic amines) is 1. The molecule has 0 aliphatic carbocycles. The van der Waals surface area contributed by atoms with Gasteiger partial charge < -0.3 is 24.1 Å². The molecule has 1 fully saturated rings. The van der Waals surface area contributed by atoms with Crippen LogP contribution in [0.25, 0.3) is 11.1 Å². The number of alkyl halides is 3. The fraction of sp³-hybridized carbons (Fsp3) is 0.424. The number of carbonyl (C=O) groups is 1. The van der Waals surface area contributed by atoms with E-state index in [1.54, 1.807) is 6.07 Å². The predicted molar refractivity (Wildman–Crippen MR) is 162 cm³/mol. The van der Waals surface area contributed by atoms with Crippen molar-refractivity contribution in [3.8, 4) is 34.1 Å². The zero-order valence-electron chi connectivity index (χ0n) is 24.6. The van der Waals surface area contributed by atoms with Crippen molar-refractivity contribution >= 4 is 18.1 Å². The molecule has 2 heterocycles. The minimum atomic E-state index is -4.21. The summed E-state index contributed by atoms with van der Waals surface area (Å²) in [6.45, 7) is 5.67. The zero-order chi connectivity index (χ0) is 31.5. The quantitative estimate of drug-likeness (QED) is 0.178. The van der Waals surface area contributed by atoms with Crippen LogP contribution in [-0.4, -0.2) is 55.6 Å². The van der Waals surface area contributed by atoms with Crippen molar-refractivity contribution in [3.63, 3.8) is 0 Å². The molecule has 3 aromatic carbocycles. The lowest BCUT2D eigenvalue weighted by atomic mass is 9.96. The molecule has 238 valence electrons. The van der Waals surface area contributed by atoms with E-state index in [-0.39, 0.29) is 26.1 Å². The summed E-state index contributed by atoms with van der Waals surface area (Å²) in [4.78, 5) is 10.7. The minimum absolute atomic E-state index is 0.0374. The van der Waals surface area contributed by atoms with E-state index in [1.165, 1.54) is 6.42 Å². The van der Waals surface area contributed by atoms with E-state index in [1.807, 2.05) is 43.3 Å². The summed E-state index contributed by atoms with van der Waals surface area (Å²) in [7, 11) is 0. The molecule has 2 aliphatic rings. The highest BCUT2D eigenvalue weighted by molar-refractivity contribution is 6.32. The molecule has 0 radical (unpaired) electrons. The Kier molecular flexibility index (Phi) is 12.0. The second-order valence-electron chi connectivity index (χ2n) is 10.6. The second-order valence-corrected chi connectivity index (χ2v) is 11.0. The number of carboxylic acid groups (broad SMARTS) is 1. The van der Waals surface area contributed by atoms with Crippen molar-refractivity contribution in [2.24, 2.45) is 0 Å². The summed E-state index contributed by atoms with van der Waals surface area (Å²) < 4.78 is 61.5. The molecular weight excluding hydrogens is 599 g/mol. The molecule has 0 atom stereocenters. The van der Waals surface area contributed by atoms with E-state index in [2.05, 4.69) is 11.0 Å². The predicted octanol–water partition coefficient (Wildman–Crippen LogP) is 8.07. The normalized spacial score (nSPS) is 14.8. The van der Waals surface area contributed by atoms with Gasteiger partial charge in [-0.05, 0) is 79.7 Å². The molecule has 0 aromatic heterocycles. The summed E-state index contributed by atoms with van der Waals surface area (Å²) in [5.41, 5.74) is 4.97. The minimum Gasteiger partial charge on any atom is -0.493 e. The first kappa shape index (κ1) is 33.3. The third-order valence-corrected chi connectivity index (χ3v) is 7.80. The third kappa shape index (κ3) is 9.43. The van der Waals surface area contributed by atoms with E-state index in [0.717, 1.165) is 65.2 Å². The summed E-state index contributed by atoms with van der Waals surface area (Å²) in [5, 5.41) is 7.33. The van der Waals surface area contributed by atoms with Gasteiger partial charge in [-0.15, -0.1) is 0 Å². The Bertz CT molecular complexity index is 1390. The van der Waals surface area contributed by atoms with Gasteiger partial charge in [-0.2, -0.15) is 13.2 Å². The van der Waals surface area contributed by atoms with Gasteiger partial charge in [-0.1, -0.05) is 42.3 Å². The SMILES string of the molecule is Cc1c(COc2cc(OCCCC(F)(F)F)c(CN3CCCCC3)cc2Cl)cccc1-c1ccc2c(c1)OCCO2.O=CO. The monoisotopic (exact) mass is 635 g/mol. The van der Waals surface area contributed by atoms with E-state index in [4.69, 9.17) is 40.4 Å². The molecular formula is C33H37ClF3NO6.